The molecule has 0 saturated heterocycles. The minimum absolute atomic E-state index is 0.0198. The molecule has 2 N–H and O–H groups in total. The second-order valence-corrected chi connectivity index (χ2v) is 13.1. The van der Waals surface area contributed by atoms with Gasteiger partial charge in [-0.25, -0.2) is 21.1 Å². The Balaban J connectivity index is 2.11. The number of rotatable bonds is 8. The number of ether oxygens (including phenoxy) is 1. The molecule has 1 aliphatic rings. The van der Waals surface area contributed by atoms with Crippen molar-refractivity contribution in [2.24, 2.45) is 5.92 Å². The van der Waals surface area contributed by atoms with E-state index in [4.69, 9.17) is 16.3 Å². The number of hydrogen-bond donors (Lipinski definition) is 2. The Morgan fingerprint density at radius 2 is 1.83 bits per heavy atom. The van der Waals surface area contributed by atoms with Crippen LogP contribution in [0, 0.1) is 5.92 Å². The minimum Gasteiger partial charge on any atom is -0.486 e. The summed E-state index contributed by atoms with van der Waals surface area (Å²) in [5.41, 5.74) is 0.110. The van der Waals surface area contributed by atoms with Crippen molar-refractivity contribution in [3.05, 3.63) is 53.1 Å². The van der Waals surface area contributed by atoms with Crippen LogP contribution in [0.2, 0.25) is 5.02 Å². The van der Waals surface area contributed by atoms with Gasteiger partial charge in [-0.2, -0.15) is 0 Å². The van der Waals surface area contributed by atoms with Gasteiger partial charge in [0.2, 0.25) is 10.0 Å². The highest BCUT2D eigenvalue weighted by Gasteiger charge is 2.35. The van der Waals surface area contributed by atoms with E-state index >= 15 is 0 Å². The molecule has 198 valence electrons. The molecule has 1 heterocycles. The lowest BCUT2D eigenvalue weighted by atomic mass is 9.99. The van der Waals surface area contributed by atoms with Gasteiger partial charge in [-0.15, -0.1) is 0 Å². The predicted octanol–water partition coefficient (Wildman–Crippen LogP) is 2.25. The Kier molecular flexibility index (Phi) is 8.56. The van der Waals surface area contributed by atoms with Crippen molar-refractivity contribution in [3.8, 4) is 5.75 Å². The van der Waals surface area contributed by atoms with E-state index in [0.717, 1.165) is 10.6 Å². The molecule has 0 aliphatic carbocycles. The molecule has 0 unspecified atom stereocenters. The summed E-state index contributed by atoms with van der Waals surface area (Å²) in [5, 5.41) is 10.1. The van der Waals surface area contributed by atoms with Crippen molar-refractivity contribution < 1.29 is 31.5 Å². The van der Waals surface area contributed by atoms with Gasteiger partial charge in [0, 0.05) is 24.5 Å². The highest BCUT2D eigenvalue weighted by Crippen LogP contribution is 2.36. The van der Waals surface area contributed by atoms with E-state index < -0.39 is 38.1 Å². The van der Waals surface area contributed by atoms with Crippen LogP contribution in [0.3, 0.4) is 0 Å². The number of nitrogens with zero attached hydrogens (tertiary/aromatic N) is 2. The lowest BCUT2D eigenvalue weighted by molar-refractivity contribution is 0.0389. The highest BCUT2D eigenvalue weighted by atomic mass is 35.5. The first-order valence-electron chi connectivity index (χ1n) is 11.2. The van der Waals surface area contributed by atoms with Crippen LogP contribution in [0.1, 0.15) is 24.2 Å². The number of fused-ring (bicyclic) bond motifs is 1. The van der Waals surface area contributed by atoms with Crippen LogP contribution in [0.15, 0.2) is 47.4 Å². The van der Waals surface area contributed by atoms with Crippen molar-refractivity contribution in [2.75, 3.05) is 37.7 Å². The fraction of sp³-hybridized carbons (Fsp3) is 0.435. The molecule has 36 heavy (non-hydrogen) atoms. The maximum atomic E-state index is 13.5. The molecule has 0 bridgehead atoms. The Labute approximate surface area is 216 Å². The first-order valence-corrected chi connectivity index (χ1v) is 14.9. The van der Waals surface area contributed by atoms with Crippen molar-refractivity contribution in [2.45, 2.75) is 30.9 Å². The smallest absolute Gasteiger partial charge is 0.262 e. The molecule has 13 heteroatoms. The second-order valence-electron chi connectivity index (χ2n) is 8.91. The van der Waals surface area contributed by atoms with Gasteiger partial charge < -0.3 is 14.7 Å². The van der Waals surface area contributed by atoms with Crippen LogP contribution in [0.25, 0.3) is 0 Å². The van der Waals surface area contributed by atoms with Crippen molar-refractivity contribution >= 4 is 43.2 Å². The third kappa shape index (κ3) is 6.30. The molecular weight excluding hydrogens is 530 g/mol. The van der Waals surface area contributed by atoms with Gasteiger partial charge in [-0.1, -0.05) is 24.6 Å². The number of nitrogens with one attached hydrogen (secondary N) is 1. The van der Waals surface area contributed by atoms with E-state index in [2.05, 4.69) is 4.72 Å². The maximum absolute atomic E-state index is 13.5. The van der Waals surface area contributed by atoms with Crippen LogP contribution < -0.4 is 9.46 Å². The molecule has 0 radical (unpaired) electrons. The fourth-order valence-electron chi connectivity index (χ4n) is 3.75. The third-order valence-electron chi connectivity index (χ3n) is 6.06. The Hall–Kier alpha value is -2.38. The topological polar surface area (TPSA) is 133 Å². The van der Waals surface area contributed by atoms with E-state index in [0.29, 0.717) is 5.02 Å². The summed E-state index contributed by atoms with van der Waals surface area (Å²) in [5.74, 6) is -0.823. The van der Waals surface area contributed by atoms with Crippen molar-refractivity contribution in [1.29, 1.82) is 0 Å². The number of likely N-dealkylation sites (N-methyl/N-ethyl adjacent to an activating group) is 1. The number of para-hydroxylation sites is 1. The zero-order chi connectivity index (χ0) is 26.8. The summed E-state index contributed by atoms with van der Waals surface area (Å²) in [6.45, 7) is 3.37. The number of benzene rings is 2. The maximum Gasteiger partial charge on any atom is 0.262 e. The van der Waals surface area contributed by atoms with Gasteiger partial charge in [-0.05, 0) is 43.3 Å². The van der Waals surface area contributed by atoms with Crippen LogP contribution in [-0.4, -0.2) is 82.2 Å². The Bertz CT molecular complexity index is 1320. The number of anilines is 1. The monoisotopic (exact) mass is 559 g/mol. The molecule has 2 aromatic rings. The molecule has 3 atom stereocenters. The number of halogens is 1. The quantitative estimate of drug-likeness (QED) is 0.506. The molecular formula is C23H30ClN3O7S2. The molecule has 0 spiro atoms. The van der Waals surface area contributed by atoms with Gasteiger partial charge in [0.1, 0.15) is 6.10 Å². The molecule has 3 rings (SSSR count). The van der Waals surface area contributed by atoms with E-state index in [9.17, 15) is 26.7 Å². The highest BCUT2D eigenvalue weighted by molar-refractivity contribution is 7.92. The fourth-order valence-corrected chi connectivity index (χ4v) is 5.35. The zero-order valence-electron chi connectivity index (χ0n) is 20.4. The van der Waals surface area contributed by atoms with E-state index in [1.54, 1.807) is 13.8 Å². The minimum atomic E-state index is -4.07. The van der Waals surface area contributed by atoms with Crippen LogP contribution in [-0.2, 0) is 20.0 Å². The predicted molar refractivity (Wildman–Crippen MR) is 137 cm³/mol. The summed E-state index contributed by atoms with van der Waals surface area (Å²) in [6, 6.07) is 9.53. The lowest BCUT2D eigenvalue weighted by Gasteiger charge is -2.38. The SMILES string of the molecule is C[C@H]1CN([C@@H](C)CO)C(=O)c2cccc(NS(=O)(=O)c3ccc(Cl)cc3)c2O[C@H]1CN(C)S(C)(=O)=O. The normalized spacial score (nSPS) is 19.8. The average molecular weight is 560 g/mol. The van der Waals surface area contributed by atoms with E-state index in [-0.39, 0.29) is 47.5 Å². The van der Waals surface area contributed by atoms with Crippen molar-refractivity contribution in [3.63, 3.8) is 0 Å². The number of carbonyl (C=O) groups excluding carboxylic acids is 1. The number of carbonyl (C=O) groups is 1. The number of aliphatic hydroxyl groups excluding tert-OH is 1. The van der Waals surface area contributed by atoms with E-state index in [1.807, 2.05) is 0 Å². The van der Waals surface area contributed by atoms with Gasteiger partial charge in [0.25, 0.3) is 15.9 Å². The van der Waals surface area contributed by atoms with Crippen LogP contribution in [0.4, 0.5) is 5.69 Å². The van der Waals surface area contributed by atoms with Crippen LogP contribution in [0.5, 0.6) is 5.75 Å². The number of hydrogen-bond acceptors (Lipinski definition) is 7. The number of amides is 1. The van der Waals surface area contributed by atoms with Gasteiger partial charge in [0.15, 0.2) is 5.75 Å². The Morgan fingerprint density at radius 1 is 1.19 bits per heavy atom. The average Bonchev–Trinajstić information content (AvgIpc) is 2.80. The van der Waals surface area contributed by atoms with Gasteiger partial charge in [0.05, 0.1) is 41.6 Å². The molecule has 0 aromatic heterocycles. The zero-order valence-corrected chi connectivity index (χ0v) is 22.8. The lowest BCUT2D eigenvalue weighted by Crippen LogP contribution is -2.50. The second kappa shape index (κ2) is 10.9. The first kappa shape index (κ1) is 28.2. The summed E-state index contributed by atoms with van der Waals surface area (Å²) < 4.78 is 60.2. The molecule has 1 aliphatic heterocycles. The number of aliphatic hydroxyl groups is 1. The molecule has 10 nitrogen and oxygen atoms in total. The van der Waals surface area contributed by atoms with Crippen molar-refractivity contribution in [1.82, 2.24) is 9.21 Å². The van der Waals surface area contributed by atoms with Gasteiger partial charge >= 0.3 is 0 Å². The summed E-state index contributed by atoms with van der Waals surface area (Å²) in [7, 11) is -6.19. The van der Waals surface area contributed by atoms with Crippen LogP contribution >= 0.6 is 11.6 Å². The first-order chi connectivity index (χ1) is 16.7. The standard InChI is InChI=1S/C23H30ClN3O7S2/c1-15-12-27(16(2)14-28)23(29)19-6-5-7-20(22(19)34-21(15)13-26(3)35(4,30)31)25-36(32,33)18-10-8-17(24)9-11-18/h5-11,15-16,21,25,28H,12-14H2,1-4H3/t15-,16-,21-/m0/s1. The van der Waals surface area contributed by atoms with Gasteiger partial charge in [-0.3, -0.25) is 9.52 Å². The molecule has 1 amide bonds. The summed E-state index contributed by atoms with van der Waals surface area (Å²) in [4.78, 5) is 14.9. The third-order valence-corrected chi connectivity index (χ3v) is 8.98. The van der Waals surface area contributed by atoms with E-state index in [1.165, 1.54) is 54.4 Å². The molecule has 2 aromatic carbocycles. The molecule has 0 fully saturated rings. The largest absolute Gasteiger partial charge is 0.486 e. The number of sulfonamides is 2. The summed E-state index contributed by atoms with van der Waals surface area (Å²) >= 11 is 5.88. The summed E-state index contributed by atoms with van der Waals surface area (Å²) in [6.07, 6.45) is 0.343. The molecule has 0 saturated carbocycles. The Morgan fingerprint density at radius 3 is 2.42 bits per heavy atom.